The van der Waals surface area contributed by atoms with Crippen LogP contribution in [0.25, 0.3) is 6.08 Å². The van der Waals surface area contributed by atoms with Crippen molar-refractivity contribution < 1.29 is 22.7 Å². The van der Waals surface area contributed by atoms with Crippen LogP contribution < -0.4 is 9.46 Å². The minimum Gasteiger partial charge on any atom is -0.495 e. The lowest BCUT2D eigenvalue weighted by Crippen LogP contribution is -2.19. The van der Waals surface area contributed by atoms with Crippen LogP contribution in [0, 0.1) is 0 Å². The van der Waals surface area contributed by atoms with Gasteiger partial charge in [-0.2, -0.15) is 0 Å². The number of benzene rings is 2. The largest absolute Gasteiger partial charge is 0.495 e. The number of sulfonamides is 1. The molecule has 0 heterocycles. The van der Waals surface area contributed by atoms with Gasteiger partial charge >= 0.3 is 5.97 Å². The molecule has 0 saturated heterocycles. The first-order valence-corrected chi connectivity index (χ1v) is 8.95. The summed E-state index contributed by atoms with van der Waals surface area (Å²) in [5.74, 6) is -0.296. The monoisotopic (exact) mass is 361 g/mol. The van der Waals surface area contributed by atoms with Crippen LogP contribution in [-0.2, 0) is 26.2 Å². The Morgan fingerprint density at radius 2 is 1.88 bits per heavy atom. The van der Waals surface area contributed by atoms with Crippen molar-refractivity contribution in [2.75, 3.05) is 14.2 Å². The highest BCUT2D eigenvalue weighted by atomic mass is 32.2. The van der Waals surface area contributed by atoms with Gasteiger partial charge in [-0.25, -0.2) is 17.9 Å². The van der Waals surface area contributed by atoms with Gasteiger partial charge < -0.3 is 9.47 Å². The second-order valence-corrected chi connectivity index (χ2v) is 6.90. The van der Waals surface area contributed by atoms with Gasteiger partial charge in [-0.3, -0.25) is 0 Å². The molecule has 0 radical (unpaired) electrons. The summed E-state index contributed by atoms with van der Waals surface area (Å²) < 4.78 is 36.5. The van der Waals surface area contributed by atoms with Crippen LogP contribution in [0.5, 0.6) is 5.75 Å². The minimum atomic E-state index is -3.67. The lowest BCUT2D eigenvalue weighted by Gasteiger charge is -2.09. The Bertz CT molecular complexity index is 860. The Morgan fingerprint density at radius 3 is 2.52 bits per heavy atom. The van der Waals surface area contributed by atoms with E-state index in [-0.39, 0.29) is 17.3 Å². The van der Waals surface area contributed by atoms with Gasteiger partial charge in [0.1, 0.15) is 17.3 Å². The van der Waals surface area contributed by atoms with Crippen molar-refractivity contribution >= 4 is 22.1 Å². The summed E-state index contributed by atoms with van der Waals surface area (Å²) in [5.41, 5.74) is 1.42. The van der Waals surface area contributed by atoms with Gasteiger partial charge in [0.25, 0.3) is 0 Å². The van der Waals surface area contributed by atoms with Crippen LogP contribution >= 0.6 is 0 Å². The van der Waals surface area contributed by atoms with E-state index in [1.54, 1.807) is 6.07 Å². The second-order valence-electron chi connectivity index (χ2n) is 5.04. The highest BCUT2D eigenvalue weighted by Crippen LogP contribution is 2.25. The maximum atomic E-state index is 12.0. The molecule has 0 spiro atoms. The fourth-order valence-electron chi connectivity index (χ4n) is 2.06. The SMILES string of the molecule is CNS(=O)(=O)c1cc(/C=C/C(=O)OCc2ccccc2)ccc1OC. The number of hydrogen-bond donors (Lipinski definition) is 1. The van der Waals surface area contributed by atoms with Gasteiger partial charge in [-0.05, 0) is 36.4 Å². The van der Waals surface area contributed by atoms with E-state index in [1.165, 1.54) is 38.4 Å². The summed E-state index contributed by atoms with van der Waals surface area (Å²) in [6.45, 7) is 0.173. The zero-order chi connectivity index (χ0) is 18.3. The lowest BCUT2D eigenvalue weighted by atomic mass is 10.2. The van der Waals surface area contributed by atoms with Crippen molar-refractivity contribution in [3.63, 3.8) is 0 Å². The third-order valence-corrected chi connectivity index (χ3v) is 4.82. The smallest absolute Gasteiger partial charge is 0.331 e. The molecule has 2 aromatic rings. The Morgan fingerprint density at radius 1 is 1.16 bits per heavy atom. The molecule has 132 valence electrons. The Kier molecular flexibility index (Phi) is 6.32. The van der Waals surface area contributed by atoms with Crippen molar-refractivity contribution in [2.24, 2.45) is 0 Å². The number of methoxy groups -OCH3 is 1. The van der Waals surface area contributed by atoms with E-state index in [0.29, 0.717) is 5.56 Å². The number of nitrogens with one attached hydrogen (secondary N) is 1. The van der Waals surface area contributed by atoms with Crippen LogP contribution in [0.15, 0.2) is 59.5 Å². The first-order chi connectivity index (χ1) is 12.0. The van der Waals surface area contributed by atoms with E-state index >= 15 is 0 Å². The summed E-state index contributed by atoms with van der Waals surface area (Å²) in [5, 5.41) is 0. The van der Waals surface area contributed by atoms with Crippen molar-refractivity contribution in [3.05, 3.63) is 65.7 Å². The lowest BCUT2D eigenvalue weighted by molar-refractivity contribution is -0.138. The fraction of sp³-hybridized carbons (Fsp3) is 0.167. The van der Waals surface area contributed by atoms with Crippen molar-refractivity contribution in [1.29, 1.82) is 0 Å². The molecule has 0 atom stereocenters. The summed E-state index contributed by atoms with van der Waals surface area (Å²) in [6.07, 6.45) is 2.74. The topological polar surface area (TPSA) is 81.7 Å². The number of carbonyl (C=O) groups is 1. The van der Waals surface area contributed by atoms with E-state index in [2.05, 4.69) is 4.72 Å². The van der Waals surface area contributed by atoms with Crippen LogP contribution in [0.3, 0.4) is 0 Å². The second kappa shape index (κ2) is 8.46. The normalized spacial score (nSPS) is 11.4. The summed E-state index contributed by atoms with van der Waals surface area (Å²) in [7, 11) is -0.966. The maximum absolute atomic E-state index is 12.0. The molecule has 0 aliphatic rings. The van der Waals surface area contributed by atoms with Gasteiger partial charge in [-0.15, -0.1) is 0 Å². The third kappa shape index (κ3) is 5.17. The molecular weight excluding hydrogens is 342 g/mol. The molecule has 0 unspecified atom stereocenters. The number of carbonyl (C=O) groups excluding carboxylic acids is 1. The molecule has 0 aromatic heterocycles. The van der Waals surface area contributed by atoms with E-state index in [0.717, 1.165) is 5.56 Å². The molecule has 7 heteroatoms. The number of esters is 1. The van der Waals surface area contributed by atoms with Gasteiger partial charge in [0.2, 0.25) is 10.0 Å². The van der Waals surface area contributed by atoms with E-state index in [1.807, 2.05) is 30.3 Å². The van der Waals surface area contributed by atoms with E-state index in [9.17, 15) is 13.2 Å². The Labute approximate surface area is 147 Å². The average Bonchev–Trinajstić information content (AvgIpc) is 2.65. The maximum Gasteiger partial charge on any atom is 0.331 e. The molecule has 0 bridgehead atoms. The van der Waals surface area contributed by atoms with Gasteiger partial charge in [0, 0.05) is 6.08 Å². The Hall–Kier alpha value is -2.64. The van der Waals surface area contributed by atoms with Gasteiger partial charge in [0.05, 0.1) is 7.11 Å². The summed E-state index contributed by atoms with van der Waals surface area (Å²) in [6, 6.07) is 13.9. The van der Waals surface area contributed by atoms with Crippen LogP contribution in [0.2, 0.25) is 0 Å². The molecular formula is C18H19NO5S. The number of hydrogen-bond acceptors (Lipinski definition) is 5. The van der Waals surface area contributed by atoms with Crippen molar-refractivity contribution in [1.82, 2.24) is 4.72 Å². The number of ether oxygens (including phenoxy) is 2. The third-order valence-electron chi connectivity index (χ3n) is 3.38. The average molecular weight is 361 g/mol. The van der Waals surface area contributed by atoms with Gasteiger partial charge in [0.15, 0.2) is 0 Å². The molecule has 0 saturated carbocycles. The highest BCUT2D eigenvalue weighted by molar-refractivity contribution is 7.89. The molecule has 6 nitrogen and oxygen atoms in total. The molecule has 25 heavy (non-hydrogen) atoms. The molecule has 1 N–H and O–H groups in total. The van der Waals surface area contributed by atoms with Crippen LogP contribution in [-0.4, -0.2) is 28.5 Å². The predicted octanol–water partition coefficient (Wildman–Crippen LogP) is 2.36. The van der Waals surface area contributed by atoms with Crippen molar-refractivity contribution in [2.45, 2.75) is 11.5 Å². The van der Waals surface area contributed by atoms with Crippen LogP contribution in [0.1, 0.15) is 11.1 Å². The van der Waals surface area contributed by atoms with Crippen LogP contribution in [0.4, 0.5) is 0 Å². The first kappa shape index (κ1) is 18.7. The standard InChI is InChI=1S/C18H19NO5S/c1-19-25(21,22)17-12-14(8-10-16(17)23-2)9-11-18(20)24-13-15-6-4-3-5-7-15/h3-12,19H,13H2,1-2H3/b11-9+. The molecule has 0 aliphatic carbocycles. The zero-order valence-electron chi connectivity index (χ0n) is 13.9. The Balaban J connectivity index is 2.10. The fourth-order valence-corrected chi connectivity index (χ4v) is 2.99. The summed E-state index contributed by atoms with van der Waals surface area (Å²) >= 11 is 0. The molecule has 2 aromatic carbocycles. The quantitative estimate of drug-likeness (QED) is 0.605. The zero-order valence-corrected chi connectivity index (χ0v) is 14.7. The molecule has 2 rings (SSSR count). The van der Waals surface area contributed by atoms with Gasteiger partial charge in [-0.1, -0.05) is 36.4 Å². The van der Waals surface area contributed by atoms with E-state index in [4.69, 9.17) is 9.47 Å². The highest BCUT2D eigenvalue weighted by Gasteiger charge is 2.17. The molecule has 0 amide bonds. The predicted molar refractivity (Wildman–Crippen MR) is 94.5 cm³/mol. The molecule has 0 aliphatic heterocycles. The minimum absolute atomic E-state index is 0.00250. The van der Waals surface area contributed by atoms with Crippen molar-refractivity contribution in [3.8, 4) is 5.75 Å². The number of rotatable bonds is 7. The van der Waals surface area contributed by atoms with E-state index < -0.39 is 16.0 Å². The summed E-state index contributed by atoms with van der Waals surface area (Å²) in [4.78, 5) is 11.8. The molecule has 0 fully saturated rings. The first-order valence-electron chi connectivity index (χ1n) is 7.46.